The minimum absolute atomic E-state index is 0. The monoisotopic (exact) mass is 360 g/mol. The molecule has 1 aliphatic rings. The second kappa shape index (κ2) is 4.83. The summed E-state index contributed by atoms with van der Waals surface area (Å²) < 4.78 is 0. The van der Waals surface area contributed by atoms with Crippen molar-refractivity contribution in [3.8, 4) is 6.07 Å². The molecular weight excluding hydrogens is 352 g/mol. The molecule has 0 radical (unpaired) electrons. The molecule has 2 nitrogen and oxygen atoms in total. The van der Waals surface area contributed by atoms with Crippen LogP contribution in [0.5, 0.6) is 0 Å². The van der Waals surface area contributed by atoms with E-state index in [0.717, 1.165) is 5.92 Å². The summed E-state index contributed by atoms with van der Waals surface area (Å²) in [7, 11) is 0. The van der Waals surface area contributed by atoms with Gasteiger partial charge in [-0.15, -0.1) is 18.9 Å². The SMILES string of the molecule is N#C[C-]1CCC(=O)CC1.[U]. The number of nitrogens with zero attached hydrogens (tertiary/aromatic N) is 1. The van der Waals surface area contributed by atoms with Crippen LogP contribution in [0.25, 0.3) is 0 Å². The van der Waals surface area contributed by atoms with Crippen LogP contribution in [-0.4, -0.2) is 5.78 Å². The van der Waals surface area contributed by atoms with Crippen LogP contribution in [0.1, 0.15) is 25.7 Å². The summed E-state index contributed by atoms with van der Waals surface area (Å²) in [6.45, 7) is 0. The minimum atomic E-state index is 0. The quantitative estimate of drug-likeness (QED) is 0.610. The fourth-order valence-electron chi connectivity index (χ4n) is 0.942. The second-order valence-corrected chi connectivity index (χ2v) is 2.25. The van der Waals surface area contributed by atoms with Crippen molar-refractivity contribution < 1.29 is 35.9 Å². The molecule has 0 aromatic heterocycles. The molecule has 0 aromatic carbocycles. The predicted molar refractivity (Wildman–Crippen MR) is 32.3 cm³/mol. The summed E-state index contributed by atoms with van der Waals surface area (Å²) in [5, 5.41) is 8.38. The largest absolute Gasteiger partial charge is 0.300 e. The van der Waals surface area contributed by atoms with Crippen molar-refractivity contribution in [2.75, 3.05) is 0 Å². The fraction of sp³-hybridized carbons (Fsp3) is 0.571. The summed E-state index contributed by atoms with van der Waals surface area (Å²) in [6, 6.07) is 2.09. The van der Waals surface area contributed by atoms with Gasteiger partial charge in [-0.1, -0.05) is 0 Å². The number of carbonyl (C=O) groups is 1. The zero-order valence-electron chi connectivity index (χ0n) is 5.68. The zero-order valence-corrected chi connectivity index (χ0v) is 9.85. The normalized spacial score (nSPS) is 17.5. The third-order valence-corrected chi connectivity index (χ3v) is 1.57. The summed E-state index contributed by atoms with van der Waals surface area (Å²) in [4.78, 5) is 10.6. The van der Waals surface area contributed by atoms with Crippen molar-refractivity contribution in [1.82, 2.24) is 0 Å². The number of hydrogen-bond donors (Lipinski definition) is 0. The standard InChI is InChI=1S/C7H8NO.U/c8-5-6-1-3-7(9)4-2-6;/h1-4H2;/q-1;. The maximum Gasteiger partial charge on any atom is 0.128 e. The average molecular weight is 360 g/mol. The Labute approximate surface area is 84.4 Å². The first-order chi connectivity index (χ1) is 4.33. The van der Waals surface area contributed by atoms with E-state index >= 15 is 0 Å². The van der Waals surface area contributed by atoms with Gasteiger partial charge in [-0.2, -0.15) is 0 Å². The first kappa shape index (κ1) is 10.1. The Morgan fingerprint density at radius 1 is 1.40 bits per heavy atom. The molecule has 0 N–H and O–H groups in total. The molecule has 1 fully saturated rings. The molecule has 1 rings (SSSR count). The molecule has 52 valence electrons. The van der Waals surface area contributed by atoms with Gasteiger partial charge in [-0.05, 0) is 12.8 Å². The van der Waals surface area contributed by atoms with E-state index in [4.69, 9.17) is 5.26 Å². The van der Waals surface area contributed by atoms with E-state index in [9.17, 15) is 4.79 Å². The first-order valence-electron chi connectivity index (χ1n) is 3.09. The third-order valence-electron chi connectivity index (χ3n) is 1.57. The first-order valence-corrected chi connectivity index (χ1v) is 3.09. The third kappa shape index (κ3) is 2.78. The Morgan fingerprint density at radius 2 is 1.90 bits per heavy atom. The molecule has 1 saturated carbocycles. The van der Waals surface area contributed by atoms with Crippen molar-refractivity contribution in [3.05, 3.63) is 5.92 Å². The Morgan fingerprint density at radius 3 is 2.30 bits per heavy atom. The summed E-state index contributed by atoms with van der Waals surface area (Å²) >= 11 is 0. The van der Waals surface area contributed by atoms with Crippen LogP contribution in [0.4, 0.5) is 0 Å². The van der Waals surface area contributed by atoms with Gasteiger partial charge in [0.2, 0.25) is 0 Å². The van der Waals surface area contributed by atoms with E-state index in [0.29, 0.717) is 31.5 Å². The number of rotatable bonds is 0. The molecule has 0 unspecified atom stereocenters. The smallest absolute Gasteiger partial charge is 0.128 e. The van der Waals surface area contributed by atoms with E-state index in [2.05, 4.69) is 6.07 Å². The molecule has 0 saturated heterocycles. The van der Waals surface area contributed by atoms with Crippen molar-refractivity contribution >= 4 is 5.78 Å². The topological polar surface area (TPSA) is 40.9 Å². The number of Topliss-reactive ketones (excluding diaryl/α,β-unsaturated/α-hetero) is 1. The van der Waals surface area contributed by atoms with Gasteiger partial charge in [-0.3, -0.25) is 10.7 Å². The van der Waals surface area contributed by atoms with Crippen molar-refractivity contribution in [2.45, 2.75) is 25.7 Å². The van der Waals surface area contributed by atoms with Crippen LogP contribution in [-0.2, 0) is 4.79 Å². The fourth-order valence-corrected chi connectivity index (χ4v) is 0.942. The van der Waals surface area contributed by atoms with Crippen LogP contribution in [0.3, 0.4) is 0 Å². The van der Waals surface area contributed by atoms with Crippen molar-refractivity contribution in [2.24, 2.45) is 0 Å². The van der Waals surface area contributed by atoms with Gasteiger partial charge in [0.1, 0.15) is 5.78 Å². The van der Waals surface area contributed by atoms with E-state index in [-0.39, 0.29) is 31.1 Å². The molecule has 0 aliphatic heterocycles. The molecular formula is C7H8NOU-. The Balaban J connectivity index is 0.000000810. The molecule has 0 aromatic rings. The van der Waals surface area contributed by atoms with Crippen LogP contribution in [0.2, 0.25) is 0 Å². The van der Waals surface area contributed by atoms with Gasteiger partial charge in [0.15, 0.2) is 0 Å². The maximum absolute atomic E-state index is 10.6. The summed E-state index contributed by atoms with van der Waals surface area (Å²) in [5.41, 5.74) is 0. The van der Waals surface area contributed by atoms with Crippen molar-refractivity contribution in [1.29, 1.82) is 5.26 Å². The van der Waals surface area contributed by atoms with Gasteiger partial charge >= 0.3 is 0 Å². The molecule has 0 amide bonds. The number of nitriles is 1. The average Bonchev–Trinajstić information content (AvgIpc) is 1.90. The summed E-state index contributed by atoms with van der Waals surface area (Å²) in [5.74, 6) is 1.18. The Kier molecular flexibility index (Phi) is 4.87. The Bertz CT molecular complexity index is 151. The van der Waals surface area contributed by atoms with Crippen molar-refractivity contribution in [3.63, 3.8) is 0 Å². The molecule has 0 bridgehead atoms. The van der Waals surface area contributed by atoms with Gasteiger partial charge in [0.05, 0.1) is 0 Å². The van der Waals surface area contributed by atoms with E-state index in [1.54, 1.807) is 0 Å². The number of hydrogen-bond acceptors (Lipinski definition) is 2. The second-order valence-electron chi connectivity index (χ2n) is 2.25. The van der Waals surface area contributed by atoms with Crippen LogP contribution < -0.4 is 0 Å². The van der Waals surface area contributed by atoms with Crippen LogP contribution in [0.15, 0.2) is 0 Å². The molecule has 3 heteroatoms. The molecule has 0 spiro atoms. The van der Waals surface area contributed by atoms with Gasteiger partial charge < -0.3 is 0 Å². The molecule has 0 heterocycles. The van der Waals surface area contributed by atoms with E-state index in [1.807, 2.05) is 0 Å². The minimum Gasteiger partial charge on any atom is -0.300 e. The maximum atomic E-state index is 10.6. The van der Waals surface area contributed by atoms with Crippen LogP contribution >= 0.6 is 0 Å². The van der Waals surface area contributed by atoms with Gasteiger partial charge in [0, 0.05) is 31.1 Å². The van der Waals surface area contributed by atoms with E-state index < -0.39 is 0 Å². The molecule has 0 atom stereocenters. The van der Waals surface area contributed by atoms with E-state index in [1.165, 1.54) is 0 Å². The van der Waals surface area contributed by atoms with Gasteiger partial charge in [0.25, 0.3) is 0 Å². The number of carbonyl (C=O) groups excluding carboxylic acids is 1. The molecule has 1 aliphatic carbocycles. The van der Waals surface area contributed by atoms with Crippen LogP contribution in [0, 0.1) is 48.4 Å². The zero-order chi connectivity index (χ0) is 6.69. The predicted octanol–water partition coefficient (Wildman–Crippen LogP) is 1.23. The number of ketones is 1. The Hall–Kier alpha value is 0.0819. The molecule has 10 heavy (non-hydrogen) atoms. The summed E-state index contributed by atoms with van der Waals surface area (Å²) in [6.07, 6.45) is 2.58. The van der Waals surface area contributed by atoms with Gasteiger partial charge in [-0.25, -0.2) is 5.26 Å².